The highest BCUT2D eigenvalue weighted by Crippen LogP contribution is 2.23. The van der Waals surface area contributed by atoms with Gasteiger partial charge in [0, 0.05) is 13.1 Å². The van der Waals surface area contributed by atoms with Gasteiger partial charge in [0.05, 0.1) is 5.75 Å². The molecule has 1 aromatic carbocycles. The lowest BCUT2D eigenvalue weighted by atomic mass is 9.90. The van der Waals surface area contributed by atoms with Gasteiger partial charge in [-0.2, -0.15) is 0 Å². The molecule has 0 bridgehead atoms. The van der Waals surface area contributed by atoms with Crippen molar-refractivity contribution in [3.8, 4) is 0 Å². The first kappa shape index (κ1) is 15.5. The van der Waals surface area contributed by atoms with Gasteiger partial charge in [-0.05, 0) is 29.9 Å². The Bertz CT molecular complexity index is 505. The third-order valence-corrected chi connectivity index (χ3v) is 5.25. The van der Waals surface area contributed by atoms with Gasteiger partial charge >= 0.3 is 0 Å². The SMILES string of the molecule is NCc1ccc(CS(=O)(=O)NCC2CCCCC2)cc1. The molecule has 1 fully saturated rings. The van der Waals surface area contributed by atoms with Crippen molar-refractivity contribution in [3.63, 3.8) is 0 Å². The van der Waals surface area contributed by atoms with Crippen LogP contribution in [0.5, 0.6) is 0 Å². The summed E-state index contributed by atoms with van der Waals surface area (Å²) in [6.45, 7) is 1.07. The molecule has 1 saturated carbocycles. The molecular formula is C15H24N2O2S. The Hall–Kier alpha value is -0.910. The smallest absolute Gasteiger partial charge is 0.215 e. The minimum Gasteiger partial charge on any atom is -0.326 e. The van der Waals surface area contributed by atoms with E-state index in [0.717, 1.165) is 24.0 Å². The number of sulfonamides is 1. The molecule has 112 valence electrons. The van der Waals surface area contributed by atoms with Crippen LogP contribution in [0.1, 0.15) is 43.2 Å². The molecule has 0 aromatic heterocycles. The second-order valence-corrected chi connectivity index (χ2v) is 7.44. The van der Waals surface area contributed by atoms with Crippen molar-refractivity contribution >= 4 is 10.0 Å². The molecule has 1 aliphatic carbocycles. The van der Waals surface area contributed by atoms with Gasteiger partial charge in [0.15, 0.2) is 0 Å². The molecule has 0 unspecified atom stereocenters. The highest BCUT2D eigenvalue weighted by Gasteiger charge is 2.17. The fourth-order valence-electron chi connectivity index (χ4n) is 2.68. The van der Waals surface area contributed by atoms with E-state index in [2.05, 4.69) is 4.72 Å². The molecule has 20 heavy (non-hydrogen) atoms. The Morgan fingerprint density at radius 2 is 1.65 bits per heavy atom. The molecule has 0 radical (unpaired) electrons. The van der Waals surface area contributed by atoms with Crippen molar-refractivity contribution in [2.24, 2.45) is 11.7 Å². The van der Waals surface area contributed by atoms with Crippen molar-refractivity contribution in [1.29, 1.82) is 0 Å². The van der Waals surface area contributed by atoms with E-state index in [0.29, 0.717) is 19.0 Å². The molecule has 0 aliphatic heterocycles. The lowest BCUT2D eigenvalue weighted by Crippen LogP contribution is -2.31. The Morgan fingerprint density at radius 1 is 1.05 bits per heavy atom. The molecule has 0 saturated heterocycles. The molecule has 4 nitrogen and oxygen atoms in total. The fraction of sp³-hybridized carbons (Fsp3) is 0.600. The summed E-state index contributed by atoms with van der Waals surface area (Å²) >= 11 is 0. The highest BCUT2D eigenvalue weighted by atomic mass is 32.2. The van der Waals surface area contributed by atoms with E-state index in [1.165, 1.54) is 19.3 Å². The standard InChI is InChI=1S/C15H24N2O2S/c16-10-13-6-8-15(9-7-13)12-20(18,19)17-11-14-4-2-1-3-5-14/h6-9,14,17H,1-5,10-12,16H2. The second-order valence-electron chi connectivity index (χ2n) is 5.63. The average Bonchev–Trinajstić information content (AvgIpc) is 2.47. The minimum absolute atomic E-state index is 0.0462. The maximum Gasteiger partial charge on any atom is 0.215 e. The van der Waals surface area contributed by atoms with E-state index >= 15 is 0 Å². The summed E-state index contributed by atoms with van der Waals surface area (Å²) in [6, 6.07) is 7.43. The molecular weight excluding hydrogens is 272 g/mol. The van der Waals surface area contributed by atoms with E-state index in [9.17, 15) is 8.42 Å². The van der Waals surface area contributed by atoms with Crippen molar-refractivity contribution < 1.29 is 8.42 Å². The van der Waals surface area contributed by atoms with Crippen molar-refractivity contribution in [3.05, 3.63) is 35.4 Å². The van der Waals surface area contributed by atoms with Crippen LogP contribution in [-0.4, -0.2) is 15.0 Å². The van der Waals surface area contributed by atoms with Gasteiger partial charge in [-0.25, -0.2) is 13.1 Å². The fourth-order valence-corrected chi connectivity index (χ4v) is 3.90. The van der Waals surface area contributed by atoms with Crippen molar-refractivity contribution in [2.75, 3.05) is 6.54 Å². The molecule has 0 heterocycles. The third-order valence-electron chi connectivity index (χ3n) is 3.93. The van der Waals surface area contributed by atoms with Crippen molar-refractivity contribution in [1.82, 2.24) is 4.72 Å². The molecule has 1 aliphatic rings. The highest BCUT2D eigenvalue weighted by molar-refractivity contribution is 7.88. The second kappa shape index (κ2) is 7.20. The summed E-state index contributed by atoms with van der Waals surface area (Å²) in [5.41, 5.74) is 7.35. The largest absolute Gasteiger partial charge is 0.326 e. The monoisotopic (exact) mass is 296 g/mol. The lowest BCUT2D eigenvalue weighted by molar-refractivity contribution is 0.357. The number of nitrogens with one attached hydrogen (secondary N) is 1. The van der Waals surface area contributed by atoms with Crippen molar-refractivity contribution in [2.45, 2.75) is 44.4 Å². The first-order valence-electron chi connectivity index (χ1n) is 7.34. The molecule has 0 atom stereocenters. The van der Waals surface area contributed by atoms with E-state index in [-0.39, 0.29) is 5.75 Å². The summed E-state index contributed by atoms with van der Waals surface area (Å²) < 4.78 is 26.9. The Morgan fingerprint density at radius 3 is 2.25 bits per heavy atom. The number of rotatable bonds is 6. The minimum atomic E-state index is -3.23. The predicted molar refractivity (Wildman–Crippen MR) is 81.5 cm³/mol. The van der Waals surface area contributed by atoms with Crippen LogP contribution >= 0.6 is 0 Å². The van der Waals surface area contributed by atoms with Crippen LogP contribution in [0.25, 0.3) is 0 Å². The number of nitrogens with two attached hydrogens (primary N) is 1. The Labute approximate surface area is 121 Å². The van der Waals surface area contributed by atoms with Crippen LogP contribution in [-0.2, 0) is 22.3 Å². The Balaban J connectivity index is 1.85. The van der Waals surface area contributed by atoms with Gasteiger partial charge in [-0.1, -0.05) is 43.5 Å². The topological polar surface area (TPSA) is 72.2 Å². The van der Waals surface area contributed by atoms with Gasteiger partial charge in [-0.15, -0.1) is 0 Å². The molecule has 3 N–H and O–H groups in total. The Kier molecular flexibility index (Phi) is 5.57. The van der Waals surface area contributed by atoms with Crippen LogP contribution < -0.4 is 10.5 Å². The van der Waals surface area contributed by atoms with Crippen LogP contribution in [0, 0.1) is 5.92 Å². The van der Waals surface area contributed by atoms with Gasteiger partial charge in [-0.3, -0.25) is 0 Å². The molecule has 2 rings (SSSR count). The lowest BCUT2D eigenvalue weighted by Gasteiger charge is -2.21. The predicted octanol–water partition coefficient (Wildman–Crippen LogP) is 2.14. The van der Waals surface area contributed by atoms with E-state index < -0.39 is 10.0 Å². The van der Waals surface area contributed by atoms with E-state index in [1.54, 1.807) is 0 Å². The maximum atomic E-state index is 12.1. The zero-order chi connectivity index (χ0) is 14.4. The van der Waals surface area contributed by atoms with Gasteiger partial charge in [0.2, 0.25) is 10.0 Å². The van der Waals surface area contributed by atoms with Crippen LogP contribution in [0.4, 0.5) is 0 Å². The zero-order valence-electron chi connectivity index (χ0n) is 11.8. The third kappa shape index (κ3) is 4.89. The molecule has 0 amide bonds. The van der Waals surface area contributed by atoms with Gasteiger partial charge in [0.1, 0.15) is 0 Å². The molecule has 5 heteroatoms. The first-order chi connectivity index (χ1) is 9.59. The summed E-state index contributed by atoms with van der Waals surface area (Å²) in [6.07, 6.45) is 6.04. The normalized spacial score (nSPS) is 17.2. The van der Waals surface area contributed by atoms with Crippen LogP contribution in [0.2, 0.25) is 0 Å². The summed E-state index contributed by atoms with van der Waals surface area (Å²) in [5, 5.41) is 0. The number of hydrogen-bond donors (Lipinski definition) is 2. The quantitative estimate of drug-likeness (QED) is 0.845. The van der Waals surface area contributed by atoms with Gasteiger partial charge < -0.3 is 5.73 Å². The summed E-state index contributed by atoms with van der Waals surface area (Å²) in [5.74, 6) is 0.558. The van der Waals surface area contributed by atoms with Crippen LogP contribution in [0.3, 0.4) is 0 Å². The zero-order valence-corrected chi connectivity index (χ0v) is 12.7. The summed E-state index contributed by atoms with van der Waals surface area (Å²) in [7, 11) is -3.23. The number of hydrogen-bond acceptors (Lipinski definition) is 3. The maximum absolute atomic E-state index is 12.1. The average molecular weight is 296 g/mol. The first-order valence-corrected chi connectivity index (χ1v) is 8.99. The van der Waals surface area contributed by atoms with E-state index in [4.69, 9.17) is 5.73 Å². The molecule has 0 spiro atoms. The van der Waals surface area contributed by atoms with Crippen LogP contribution in [0.15, 0.2) is 24.3 Å². The molecule has 1 aromatic rings. The van der Waals surface area contributed by atoms with E-state index in [1.807, 2.05) is 24.3 Å². The van der Waals surface area contributed by atoms with Gasteiger partial charge in [0.25, 0.3) is 0 Å². The number of benzene rings is 1. The summed E-state index contributed by atoms with van der Waals surface area (Å²) in [4.78, 5) is 0.